The number of carbonyl (C=O) groups excluding carboxylic acids is 3. The number of ketones is 1. The zero-order valence-corrected chi connectivity index (χ0v) is 18.0. The molecule has 3 aromatic rings. The van der Waals surface area contributed by atoms with E-state index in [-0.39, 0.29) is 17.8 Å². The van der Waals surface area contributed by atoms with Gasteiger partial charge in [0.1, 0.15) is 5.82 Å². The van der Waals surface area contributed by atoms with Crippen molar-refractivity contribution in [1.29, 1.82) is 0 Å². The molecule has 4 rings (SSSR count). The van der Waals surface area contributed by atoms with Gasteiger partial charge in [-0.15, -0.1) is 0 Å². The highest BCUT2D eigenvalue weighted by Crippen LogP contribution is 2.33. The van der Waals surface area contributed by atoms with E-state index in [2.05, 4.69) is 5.32 Å². The van der Waals surface area contributed by atoms with E-state index in [1.54, 1.807) is 18.2 Å². The van der Waals surface area contributed by atoms with Crippen LogP contribution < -0.4 is 10.2 Å². The van der Waals surface area contributed by atoms with Crippen LogP contribution in [0.2, 0.25) is 10.0 Å². The fourth-order valence-electron chi connectivity index (χ4n) is 3.36. The van der Waals surface area contributed by atoms with E-state index in [0.29, 0.717) is 27.4 Å². The van der Waals surface area contributed by atoms with Gasteiger partial charge in [0.2, 0.25) is 0 Å². The molecule has 1 aliphatic rings. The van der Waals surface area contributed by atoms with Gasteiger partial charge in [-0.2, -0.15) is 0 Å². The number of non-ortho nitro benzene ring substituents is 1. The number of hydrogen-bond donors (Lipinski definition) is 1. The van der Waals surface area contributed by atoms with Crippen molar-refractivity contribution in [2.75, 3.05) is 10.2 Å². The minimum atomic E-state index is -1.07. The second kappa shape index (κ2) is 8.61. The first kappa shape index (κ1) is 22.4. The zero-order valence-electron chi connectivity index (χ0n) is 16.5. The molecule has 0 aliphatic carbocycles. The van der Waals surface area contributed by atoms with Gasteiger partial charge >= 0.3 is 0 Å². The van der Waals surface area contributed by atoms with Crippen molar-refractivity contribution in [2.24, 2.45) is 0 Å². The number of nitro groups is 1. The Bertz CT molecular complexity index is 1360. The molecular formula is C22H12Cl2FN3O5. The fourth-order valence-corrected chi connectivity index (χ4v) is 3.68. The van der Waals surface area contributed by atoms with Crippen LogP contribution in [0, 0.1) is 15.9 Å². The van der Waals surface area contributed by atoms with Crippen molar-refractivity contribution >= 4 is 57.9 Å². The molecule has 0 radical (unpaired) electrons. The highest BCUT2D eigenvalue weighted by atomic mass is 35.5. The summed E-state index contributed by atoms with van der Waals surface area (Å²) in [6, 6.07) is 11.7. The van der Waals surface area contributed by atoms with Crippen molar-refractivity contribution in [3.05, 3.63) is 97.3 Å². The molecule has 1 N–H and O–H groups in total. The normalized spacial score (nSPS) is 12.6. The number of hydrogen-bond acceptors (Lipinski definition) is 5. The van der Waals surface area contributed by atoms with Gasteiger partial charge in [-0.05, 0) is 42.0 Å². The van der Waals surface area contributed by atoms with Crippen LogP contribution in [0.25, 0.3) is 0 Å². The first-order valence-electron chi connectivity index (χ1n) is 9.35. The Balaban J connectivity index is 1.57. The van der Waals surface area contributed by atoms with E-state index >= 15 is 0 Å². The third-order valence-electron chi connectivity index (χ3n) is 4.96. The number of anilines is 2. The highest BCUT2D eigenvalue weighted by molar-refractivity contribution is 6.52. The van der Waals surface area contributed by atoms with Crippen LogP contribution in [0.5, 0.6) is 0 Å². The topological polar surface area (TPSA) is 110 Å². The van der Waals surface area contributed by atoms with E-state index in [9.17, 15) is 28.9 Å². The molecule has 0 saturated carbocycles. The van der Waals surface area contributed by atoms with Crippen LogP contribution in [-0.4, -0.2) is 22.5 Å². The number of carbonyl (C=O) groups is 3. The van der Waals surface area contributed by atoms with Crippen LogP contribution in [0.1, 0.15) is 26.3 Å². The zero-order chi connectivity index (χ0) is 23.9. The molecular weight excluding hydrogens is 476 g/mol. The number of nitrogens with one attached hydrogen (secondary N) is 1. The lowest BCUT2D eigenvalue weighted by Gasteiger charge is -2.17. The SMILES string of the molecule is O=C(Nc1ccc2c(c1)C(=O)C(=O)N2Cc1ccc(Cl)c(Cl)c1)c1ccc([N+](=O)[O-])cc1F. The Kier molecular flexibility index (Phi) is 5.84. The monoisotopic (exact) mass is 487 g/mol. The molecule has 2 amide bonds. The van der Waals surface area contributed by atoms with Crippen LogP contribution in [-0.2, 0) is 11.3 Å². The molecule has 3 aromatic carbocycles. The maximum Gasteiger partial charge on any atom is 0.299 e. The Hall–Kier alpha value is -3.82. The first-order chi connectivity index (χ1) is 15.7. The summed E-state index contributed by atoms with van der Waals surface area (Å²) >= 11 is 11.9. The molecule has 0 atom stereocenters. The van der Waals surface area contributed by atoms with Gasteiger partial charge in [0, 0.05) is 11.8 Å². The van der Waals surface area contributed by atoms with Crippen LogP contribution in [0.15, 0.2) is 54.6 Å². The minimum Gasteiger partial charge on any atom is -0.322 e. The van der Waals surface area contributed by atoms with Crippen molar-refractivity contribution in [1.82, 2.24) is 0 Å². The number of nitro benzene ring substituents is 1. The summed E-state index contributed by atoms with van der Waals surface area (Å²) in [7, 11) is 0. The lowest BCUT2D eigenvalue weighted by molar-refractivity contribution is -0.385. The van der Waals surface area contributed by atoms with Crippen molar-refractivity contribution in [3.63, 3.8) is 0 Å². The number of rotatable bonds is 5. The molecule has 0 spiro atoms. The van der Waals surface area contributed by atoms with Gasteiger partial charge < -0.3 is 10.2 Å². The van der Waals surface area contributed by atoms with Crippen LogP contribution >= 0.6 is 23.2 Å². The number of benzene rings is 3. The molecule has 33 heavy (non-hydrogen) atoms. The largest absolute Gasteiger partial charge is 0.322 e. The van der Waals surface area contributed by atoms with Crippen LogP contribution in [0.4, 0.5) is 21.5 Å². The predicted molar refractivity (Wildman–Crippen MR) is 119 cm³/mol. The number of nitrogens with zero attached hydrogens (tertiary/aromatic N) is 2. The van der Waals surface area contributed by atoms with Gasteiger partial charge in [0.15, 0.2) is 0 Å². The van der Waals surface area contributed by atoms with Gasteiger partial charge in [-0.1, -0.05) is 29.3 Å². The second-order valence-corrected chi connectivity index (χ2v) is 7.89. The molecule has 0 aromatic heterocycles. The summed E-state index contributed by atoms with van der Waals surface area (Å²) in [6.07, 6.45) is 0. The number of amides is 2. The molecule has 8 nitrogen and oxygen atoms in total. The van der Waals surface area contributed by atoms with Gasteiger partial charge in [-0.25, -0.2) is 4.39 Å². The van der Waals surface area contributed by atoms with Crippen molar-refractivity contribution in [3.8, 4) is 0 Å². The third kappa shape index (κ3) is 4.28. The van der Waals surface area contributed by atoms with Gasteiger partial charge in [0.05, 0.1) is 44.4 Å². The Morgan fingerprint density at radius 2 is 1.79 bits per heavy atom. The van der Waals surface area contributed by atoms with Gasteiger partial charge in [-0.3, -0.25) is 24.5 Å². The molecule has 1 aliphatic heterocycles. The Morgan fingerprint density at radius 3 is 2.45 bits per heavy atom. The molecule has 11 heteroatoms. The highest BCUT2D eigenvalue weighted by Gasteiger charge is 2.36. The number of fused-ring (bicyclic) bond motifs is 1. The maximum atomic E-state index is 14.1. The molecule has 1 heterocycles. The van der Waals surface area contributed by atoms with Crippen LogP contribution in [0.3, 0.4) is 0 Å². The molecule has 0 fully saturated rings. The van der Waals surface area contributed by atoms with E-state index in [1.165, 1.54) is 23.1 Å². The average molecular weight is 488 g/mol. The number of Topliss-reactive ketones (excluding diaryl/α,β-unsaturated/α-hetero) is 1. The standard InChI is InChI=1S/C22H12Cl2FN3O5/c23-16-5-1-11(7-17(16)24)10-27-19-6-2-12(8-15(19)20(29)22(27)31)26-21(30)14-4-3-13(28(32)33)9-18(14)25/h1-9H,10H2,(H,26,30). The quantitative estimate of drug-likeness (QED) is 0.308. The summed E-state index contributed by atoms with van der Waals surface area (Å²) in [4.78, 5) is 48.7. The maximum absolute atomic E-state index is 14.1. The molecule has 0 bridgehead atoms. The van der Waals surface area contributed by atoms with E-state index in [4.69, 9.17) is 23.2 Å². The Labute approximate surface area is 195 Å². The number of halogens is 3. The first-order valence-corrected chi connectivity index (χ1v) is 10.1. The van der Waals surface area contributed by atoms with E-state index < -0.39 is 39.6 Å². The fraction of sp³-hybridized carbons (Fsp3) is 0.0455. The predicted octanol–water partition coefficient (Wildman–Crippen LogP) is 5.02. The van der Waals surface area contributed by atoms with Crippen molar-refractivity contribution < 1.29 is 23.7 Å². The van der Waals surface area contributed by atoms with Crippen molar-refractivity contribution in [2.45, 2.75) is 6.54 Å². The smallest absolute Gasteiger partial charge is 0.299 e. The summed E-state index contributed by atoms with van der Waals surface area (Å²) in [5.74, 6) is -3.45. The van der Waals surface area contributed by atoms with E-state index in [0.717, 1.165) is 12.1 Å². The summed E-state index contributed by atoms with van der Waals surface area (Å²) in [6.45, 7) is 0.0776. The Morgan fingerprint density at radius 1 is 1.03 bits per heavy atom. The summed E-state index contributed by atoms with van der Waals surface area (Å²) in [5.41, 5.74) is 0.314. The second-order valence-electron chi connectivity index (χ2n) is 7.08. The minimum absolute atomic E-state index is 0.0713. The lowest BCUT2D eigenvalue weighted by atomic mass is 10.1. The van der Waals surface area contributed by atoms with Gasteiger partial charge in [0.25, 0.3) is 23.3 Å². The summed E-state index contributed by atoms with van der Waals surface area (Å²) < 4.78 is 14.1. The summed E-state index contributed by atoms with van der Waals surface area (Å²) in [5, 5.41) is 13.8. The molecule has 166 valence electrons. The lowest BCUT2D eigenvalue weighted by Crippen LogP contribution is -2.29. The third-order valence-corrected chi connectivity index (χ3v) is 5.70. The molecule has 0 saturated heterocycles. The average Bonchev–Trinajstić information content (AvgIpc) is 3.00. The van der Waals surface area contributed by atoms with E-state index in [1.807, 2.05) is 0 Å². The molecule has 0 unspecified atom stereocenters.